The molecule has 1 saturated heterocycles. The summed E-state index contributed by atoms with van der Waals surface area (Å²) in [5, 5.41) is 11.3. The molecule has 0 radical (unpaired) electrons. The summed E-state index contributed by atoms with van der Waals surface area (Å²) in [6.45, 7) is 3.96. The highest BCUT2D eigenvalue weighted by atomic mass is 19.1. The van der Waals surface area contributed by atoms with Crippen molar-refractivity contribution >= 4 is 34.4 Å². The third-order valence-corrected chi connectivity index (χ3v) is 6.04. The van der Waals surface area contributed by atoms with Crippen molar-refractivity contribution in [1.82, 2.24) is 9.97 Å². The molecule has 1 atom stereocenters. The second-order valence-corrected chi connectivity index (χ2v) is 8.52. The minimum atomic E-state index is -1.08. The summed E-state index contributed by atoms with van der Waals surface area (Å²) >= 11 is 0. The van der Waals surface area contributed by atoms with Crippen LogP contribution in [0.5, 0.6) is 5.75 Å². The fourth-order valence-electron chi connectivity index (χ4n) is 4.34. The maximum atomic E-state index is 13.7. The summed E-state index contributed by atoms with van der Waals surface area (Å²) in [5.74, 6) is -1.59. The second-order valence-electron chi connectivity index (χ2n) is 8.52. The van der Waals surface area contributed by atoms with Gasteiger partial charge in [0.15, 0.2) is 0 Å². The van der Waals surface area contributed by atoms with Gasteiger partial charge >= 0.3 is 5.91 Å². The van der Waals surface area contributed by atoms with Crippen molar-refractivity contribution in [3.63, 3.8) is 0 Å². The summed E-state index contributed by atoms with van der Waals surface area (Å²) in [6.07, 6.45) is 1.41. The zero-order valence-electron chi connectivity index (χ0n) is 19.2. The number of aromatic amines is 1. The van der Waals surface area contributed by atoms with E-state index in [1.54, 1.807) is 37.4 Å². The fourth-order valence-corrected chi connectivity index (χ4v) is 4.34. The number of aliphatic hydroxyl groups is 1. The summed E-state index contributed by atoms with van der Waals surface area (Å²) in [4.78, 5) is 34.9. The number of amides is 1. The van der Waals surface area contributed by atoms with Gasteiger partial charge in [0.05, 0.1) is 30.0 Å². The predicted molar refractivity (Wildman–Crippen MR) is 127 cm³/mol. The number of anilines is 1. The Morgan fingerprint density at radius 3 is 2.69 bits per heavy atom. The maximum absolute atomic E-state index is 13.7. The molecular weight excluding hydrogens is 453 g/mol. The summed E-state index contributed by atoms with van der Waals surface area (Å²) < 4.78 is 24.7. The highest BCUT2D eigenvalue weighted by Gasteiger charge is 2.49. The molecule has 3 heterocycles. The number of nitrogens with zero attached hydrogens (tertiary/aromatic N) is 2. The van der Waals surface area contributed by atoms with Crippen molar-refractivity contribution in [3.8, 4) is 5.75 Å². The number of H-pyrrole nitrogens is 1. The van der Waals surface area contributed by atoms with Gasteiger partial charge in [-0.3, -0.25) is 14.5 Å². The fraction of sp³-hybridized carbons (Fsp3) is 0.192. The van der Waals surface area contributed by atoms with Gasteiger partial charge in [-0.1, -0.05) is 13.8 Å². The molecule has 0 aliphatic carbocycles. The third-order valence-electron chi connectivity index (χ3n) is 6.04. The number of methoxy groups -OCH3 is 1. The van der Waals surface area contributed by atoms with Crippen LogP contribution in [-0.2, 0) is 9.59 Å². The zero-order chi connectivity index (χ0) is 24.9. The van der Waals surface area contributed by atoms with Crippen molar-refractivity contribution < 1.29 is 28.2 Å². The molecule has 2 aromatic carbocycles. The van der Waals surface area contributed by atoms with E-state index in [0.29, 0.717) is 22.3 Å². The molecule has 4 aromatic rings. The number of aromatic nitrogens is 2. The SMILES string of the molecule is COc1ccc(/C(O)=C2\C(=O)C(=O)N(c3nc4ccc(F)cc4[nH]3)C2c2ccco2)cc1C(C)C. The van der Waals surface area contributed by atoms with Crippen LogP contribution in [0.2, 0.25) is 0 Å². The lowest BCUT2D eigenvalue weighted by Gasteiger charge is -2.21. The molecule has 8 nitrogen and oxygen atoms in total. The number of carbonyl (C=O) groups excluding carboxylic acids is 2. The van der Waals surface area contributed by atoms with Gasteiger partial charge in [0.2, 0.25) is 5.95 Å². The average Bonchev–Trinajstić information content (AvgIpc) is 3.56. The van der Waals surface area contributed by atoms with Crippen LogP contribution in [0.1, 0.15) is 42.7 Å². The first kappa shape index (κ1) is 22.4. The molecule has 1 aliphatic rings. The van der Waals surface area contributed by atoms with E-state index < -0.39 is 23.5 Å². The number of imidazole rings is 1. The van der Waals surface area contributed by atoms with Crippen LogP contribution in [0.4, 0.5) is 10.3 Å². The van der Waals surface area contributed by atoms with Crippen LogP contribution in [0.3, 0.4) is 0 Å². The third kappa shape index (κ3) is 3.65. The van der Waals surface area contributed by atoms with Crippen LogP contribution in [0, 0.1) is 5.82 Å². The quantitative estimate of drug-likeness (QED) is 0.237. The molecule has 9 heteroatoms. The van der Waals surface area contributed by atoms with Gasteiger partial charge in [0.25, 0.3) is 5.78 Å². The van der Waals surface area contributed by atoms with Crippen molar-refractivity contribution in [2.75, 3.05) is 12.0 Å². The number of fused-ring (bicyclic) bond motifs is 1. The summed E-state index contributed by atoms with van der Waals surface area (Å²) in [6, 6.07) is 11.2. The number of hydrogen-bond acceptors (Lipinski definition) is 6. The number of aliphatic hydroxyl groups excluding tert-OH is 1. The molecule has 5 rings (SSSR count). The highest BCUT2D eigenvalue weighted by Crippen LogP contribution is 2.42. The van der Waals surface area contributed by atoms with Gasteiger partial charge in [-0.25, -0.2) is 9.37 Å². The number of Topliss-reactive ketones (excluding diaryl/α,β-unsaturated/α-hetero) is 1. The number of nitrogens with one attached hydrogen (secondary N) is 1. The molecule has 2 aromatic heterocycles. The maximum Gasteiger partial charge on any atom is 0.302 e. The first-order valence-electron chi connectivity index (χ1n) is 11.0. The van der Waals surface area contributed by atoms with Crippen LogP contribution in [-0.4, -0.2) is 33.9 Å². The molecule has 0 saturated carbocycles. The Hall–Kier alpha value is -4.40. The Labute approximate surface area is 199 Å². The molecule has 0 spiro atoms. The molecule has 1 fully saturated rings. The van der Waals surface area contributed by atoms with Crippen LogP contribution >= 0.6 is 0 Å². The molecule has 35 heavy (non-hydrogen) atoms. The Balaban J connectivity index is 1.70. The number of carbonyl (C=O) groups is 2. The van der Waals surface area contributed by atoms with Crippen LogP contribution in [0.25, 0.3) is 16.8 Å². The number of furan rings is 1. The number of ether oxygens (including phenoxy) is 1. The van der Waals surface area contributed by atoms with E-state index in [1.165, 1.54) is 24.5 Å². The Bertz CT molecular complexity index is 1490. The van der Waals surface area contributed by atoms with Gasteiger partial charge in [-0.2, -0.15) is 0 Å². The summed E-state index contributed by atoms with van der Waals surface area (Å²) in [7, 11) is 1.56. The van der Waals surface area contributed by atoms with Gasteiger partial charge < -0.3 is 19.2 Å². The predicted octanol–water partition coefficient (Wildman–Crippen LogP) is 5.05. The molecule has 1 amide bonds. The van der Waals surface area contributed by atoms with E-state index in [1.807, 2.05) is 13.8 Å². The first-order chi connectivity index (χ1) is 16.8. The van der Waals surface area contributed by atoms with Crippen molar-refractivity contribution in [1.29, 1.82) is 0 Å². The molecular formula is C26H22FN3O5. The Kier molecular flexibility index (Phi) is 5.39. The minimum Gasteiger partial charge on any atom is -0.507 e. The molecule has 1 unspecified atom stereocenters. The Morgan fingerprint density at radius 1 is 1.20 bits per heavy atom. The average molecular weight is 475 g/mol. The number of rotatable bonds is 5. The lowest BCUT2D eigenvalue weighted by Crippen LogP contribution is -2.30. The monoisotopic (exact) mass is 475 g/mol. The lowest BCUT2D eigenvalue weighted by molar-refractivity contribution is -0.132. The second kappa shape index (κ2) is 8.43. The summed E-state index contributed by atoms with van der Waals surface area (Å²) in [5.41, 5.74) is 1.82. The largest absolute Gasteiger partial charge is 0.507 e. The topological polar surface area (TPSA) is 109 Å². The standard InChI is InChI=1S/C26H22FN3O5/c1-13(2)16-11-14(6-9-19(16)34-3)23(31)21-22(20-5-4-10-35-20)30(25(33)24(21)32)26-28-17-8-7-15(27)12-18(17)29-26/h4-13,22,31H,1-3H3,(H,28,29)/b23-21+. The van der Waals surface area contributed by atoms with Crippen LogP contribution < -0.4 is 9.64 Å². The molecule has 178 valence electrons. The zero-order valence-corrected chi connectivity index (χ0v) is 19.2. The van der Waals surface area contributed by atoms with Gasteiger partial charge in [-0.15, -0.1) is 0 Å². The van der Waals surface area contributed by atoms with E-state index in [-0.39, 0.29) is 29.0 Å². The van der Waals surface area contributed by atoms with Crippen LogP contribution in [0.15, 0.2) is 64.8 Å². The highest BCUT2D eigenvalue weighted by molar-refractivity contribution is 6.51. The van der Waals surface area contributed by atoms with Crippen molar-refractivity contribution in [2.24, 2.45) is 0 Å². The minimum absolute atomic E-state index is 0.0331. The van der Waals surface area contributed by atoms with E-state index >= 15 is 0 Å². The number of halogens is 1. The van der Waals surface area contributed by atoms with Crippen molar-refractivity contribution in [2.45, 2.75) is 25.8 Å². The molecule has 0 bridgehead atoms. The van der Waals surface area contributed by atoms with Gasteiger partial charge in [0.1, 0.15) is 29.1 Å². The van der Waals surface area contributed by atoms with Gasteiger partial charge in [-0.05, 0) is 60.0 Å². The lowest BCUT2D eigenvalue weighted by atomic mass is 9.95. The van der Waals surface area contributed by atoms with E-state index in [9.17, 15) is 19.1 Å². The van der Waals surface area contributed by atoms with Crippen molar-refractivity contribution in [3.05, 3.63) is 83.1 Å². The number of ketones is 1. The molecule has 1 aliphatic heterocycles. The number of benzene rings is 2. The van der Waals surface area contributed by atoms with E-state index in [0.717, 1.165) is 10.5 Å². The van der Waals surface area contributed by atoms with Gasteiger partial charge in [0, 0.05) is 5.56 Å². The smallest absolute Gasteiger partial charge is 0.302 e. The first-order valence-corrected chi connectivity index (χ1v) is 11.0. The van der Waals surface area contributed by atoms with E-state index in [2.05, 4.69) is 9.97 Å². The normalized spacial score (nSPS) is 17.6. The Morgan fingerprint density at radius 2 is 2.00 bits per heavy atom. The molecule has 2 N–H and O–H groups in total. The van der Waals surface area contributed by atoms with E-state index in [4.69, 9.17) is 9.15 Å². The number of hydrogen-bond donors (Lipinski definition) is 2.